The van der Waals surface area contributed by atoms with Gasteiger partial charge in [0, 0.05) is 36.9 Å². The molecule has 0 aromatic carbocycles. The molecule has 1 saturated heterocycles. The monoisotopic (exact) mass is 329 g/mol. The van der Waals surface area contributed by atoms with Crippen LogP contribution in [-0.4, -0.2) is 41.2 Å². The van der Waals surface area contributed by atoms with Gasteiger partial charge in [0.1, 0.15) is 5.65 Å². The maximum absolute atomic E-state index is 6.24. The number of halogens is 2. The Hall–Kier alpha value is -0.620. The molecule has 0 unspecified atom stereocenters. The van der Waals surface area contributed by atoms with Crippen molar-refractivity contribution in [3.63, 3.8) is 0 Å². The number of fused-ring (bicyclic) bond motifs is 1. The molecule has 0 atom stereocenters. The smallest absolute Gasteiger partial charge is 0.139 e. The van der Waals surface area contributed by atoms with Crippen LogP contribution in [0.4, 0.5) is 0 Å². The van der Waals surface area contributed by atoms with E-state index >= 15 is 0 Å². The van der Waals surface area contributed by atoms with Gasteiger partial charge >= 0.3 is 0 Å². The fraction of sp³-hybridized carbons (Fsp3) is 0.417. The van der Waals surface area contributed by atoms with Crippen LogP contribution in [-0.2, 0) is 11.3 Å². The fourth-order valence-corrected chi connectivity index (χ4v) is 2.67. The van der Waals surface area contributed by atoms with Gasteiger partial charge in [-0.1, -0.05) is 11.6 Å². The minimum atomic E-state index is 0.712. The third-order valence-corrected chi connectivity index (χ3v) is 4.34. The molecule has 0 spiro atoms. The van der Waals surface area contributed by atoms with E-state index in [1.807, 2.05) is 0 Å². The third-order valence-electron chi connectivity index (χ3n) is 3.10. The maximum Gasteiger partial charge on any atom is 0.139 e. The molecule has 3 rings (SSSR count). The van der Waals surface area contributed by atoms with E-state index in [1.165, 1.54) is 0 Å². The normalized spacial score (nSPS) is 17.4. The van der Waals surface area contributed by atoms with Crippen molar-refractivity contribution in [2.24, 2.45) is 0 Å². The summed E-state index contributed by atoms with van der Waals surface area (Å²) in [5, 5.41) is 1.68. The number of nitrogens with zero attached hydrogens (tertiary/aromatic N) is 2. The minimum absolute atomic E-state index is 0.712. The molecule has 0 amide bonds. The molecule has 4 nitrogen and oxygen atoms in total. The van der Waals surface area contributed by atoms with E-state index in [0.29, 0.717) is 5.02 Å². The van der Waals surface area contributed by atoms with Gasteiger partial charge in [-0.15, -0.1) is 0 Å². The summed E-state index contributed by atoms with van der Waals surface area (Å²) in [6.45, 7) is 4.45. The van der Waals surface area contributed by atoms with Crippen LogP contribution in [0.25, 0.3) is 11.0 Å². The van der Waals surface area contributed by atoms with Crippen LogP contribution in [0.2, 0.25) is 5.02 Å². The summed E-state index contributed by atoms with van der Waals surface area (Å²) in [5.74, 6) is 0. The molecule has 18 heavy (non-hydrogen) atoms. The van der Waals surface area contributed by atoms with E-state index in [2.05, 4.69) is 36.9 Å². The molecule has 6 heteroatoms. The summed E-state index contributed by atoms with van der Waals surface area (Å²) in [6, 6.07) is 2.07. The number of aromatic nitrogens is 2. The zero-order chi connectivity index (χ0) is 12.5. The van der Waals surface area contributed by atoms with Crippen LogP contribution in [0.5, 0.6) is 0 Å². The fourth-order valence-electron chi connectivity index (χ4n) is 2.16. The quantitative estimate of drug-likeness (QED) is 0.920. The molecule has 1 fully saturated rings. The van der Waals surface area contributed by atoms with E-state index in [9.17, 15) is 0 Å². The summed E-state index contributed by atoms with van der Waals surface area (Å²) in [4.78, 5) is 10.00. The van der Waals surface area contributed by atoms with Crippen LogP contribution in [0.1, 0.15) is 5.69 Å². The van der Waals surface area contributed by atoms with E-state index < -0.39 is 0 Å². The molecule has 3 heterocycles. The number of hydrogen-bond acceptors (Lipinski definition) is 3. The summed E-state index contributed by atoms with van der Waals surface area (Å²) in [6.07, 6.45) is 1.72. The molecular weight excluding hydrogens is 318 g/mol. The average Bonchev–Trinajstić information content (AvgIpc) is 2.79. The number of aromatic amines is 1. The van der Waals surface area contributed by atoms with Gasteiger partial charge in [0.15, 0.2) is 0 Å². The predicted molar refractivity (Wildman–Crippen MR) is 74.9 cm³/mol. The van der Waals surface area contributed by atoms with E-state index in [0.717, 1.165) is 54.0 Å². The molecule has 2 aromatic heterocycles. The van der Waals surface area contributed by atoms with Crippen molar-refractivity contribution in [1.82, 2.24) is 14.9 Å². The van der Waals surface area contributed by atoms with Crippen molar-refractivity contribution in [2.75, 3.05) is 26.3 Å². The molecule has 0 saturated carbocycles. The Labute approximate surface area is 118 Å². The summed E-state index contributed by atoms with van der Waals surface area (Å²) in [5.41, 5.74) is 1.98. The number of hydrogen-bond donors (Lipinski definition) is 1. The Bertz CT molecular complexity index is 566. The topological polar surface area (TPSA) is 41.2 Å². The average molecular weight is 331 g/mol. The van der Waals surface area contributed by atoms with Crippen LogP contribution < -0.4 is 0 Å². The first-order valence-corrected chi connectivity index (χ1v) is 7.03. The van der Waals surface area contributed by atoms with Gasteiger partial charge < -0.3 is 9.72 Å². The van der Waals surface area contributed by atoms with Crippen molar-refractivity contribution < 1.29 is 4.74 Å². The number of morpholine rings is 1. The summed E-state index contributed by atoms with van der Waals surface area (Å²) in [7, 11) is 0. The van der Waals surface area contributed by atoms with Gasteiger partial charge in [0.25, 0.3) is 0 Å². The highest BCUT2D eigenvalue weighted by Gasteiger charge is 2.13. The highest BCUT2D eigenvalue weighted by Crippen LogP contribution is 2.30. The zero-order valence-electron chi connectivity index (χ0n) is 9.75. The lowest BCUT2D eigenvalue weighted by Gasteiger charge is -2.25. The Morgan fingerprint density at radius 1 is 1.44 bits per heavy atom. The summed E-state index contributed by atoms with van der Waals surface area (Å²) >= 11 is 9.63. The molecule has 0 radical (unpaired) electrons. The standard InChI is InChI=1S/C12H13BrClN3O/c13-10-6-15-12-9(11(10)14)5-8(16-12)7-17-1-3-18-4-2-17/h5-6H,1-4,7H2,(H,15,16). The highest BCUT2D eigenvalue weighted by molar-refractivity contribution is 9.10. The molecule has 1 aliphatic heterocycles. The lowest BCUT2D eigenvalue weighted by atomic mass is 10.3. The van der Waals surface area contributed by atoms with Gasteiger partial charge in [-0.25, -0.2) is 4.98 Å². The zero-order valence-corrected chi connectivity index (χ0v) is 12.1. The number of rotatable bonds is 2. The third kappa shape index (κ3) is 2.40. The largest absolute Gasteiger partial charge is 0.379 e. The van der Waals surface area contributed by atoms with Crippen LogP contribution in [0, 0.1) is 0 Å². The number of nitrogens with one attached hydrogen (secondary N) is 1. The van der Waals surface area contributed by atoms with Crippen LogP contribution >= 0.6 is 27.5 Å². The molecular formula is C12H13BrClN3O. The lowest BCUT2D eigenvalue weighted by molar-refractivity contribution is 0.0337. The lowest BCUT2D eigenvalue weighted by Crippen LogP contribution is -2.35. The molecule has 0 bridgehead atoms. The minimum Gasteiger partial charge on any atom is -0.379 e. The van der Waals surface area contributed by atoms with E-state index in [1.54, 1.807) is 6.20 Å². The van der Waals surface area contributed by atoms with Crippen molar-refractivity contribution in [1.29, 1.82) is 0 Å². The maximum atomic E-state index is 6.24. The number of ether oxygens (including phenoxy) is 1. The molecule has 96 valence electrons. The second kappa shape index (κ2) is 5.17. The first-order chi connectivity index (χ1) is 8.74. The predicted octanol–water partition coefficient (Wildman–Crippen LogP) is 2.81. The Morgan fingerprint density at radius 3 is 3.00 bits per heavy atom. The second-order valence-electron chi connectivity index (χ2n) is 4.37. The van der Waals surface area contributed by atoms with Crippen molar-refractivity contribution in [3.8, 4) is 0 Å². The van der Waals surface area contributed by atoms with Gasteiger partial charge in [-0.05, 0) is 22.0 Å². The number of H-pyrrole nitrogens is 1. The van der Waals surface area contributed by atoms with Crippen LogP contribution in [0.15, 0.2) is 16.7 Å². The van der Waals surface area contributed by atoms with Gasteiger partial charge in [0.05, 0.1) is 22.7 Å². The molecule has 0 aliphatic carbocycles. The van der Waals surface area contributed by atoms with Crippen molar-refractivity contribution in [2.45, 2.75) is 6.54 Å². The second-order valence-corrected chi connectivity index (χ2v) is 5.60. The molecule has 1 N–H and O–H groups in total. The Balaban J connectivity index is 1.86. The Kier molecular flexibility index (Phi) is 3.56. The van der Waals surface area contributed by atoms with Crippen molar-refractivity contribution >= 4 is 38.6 Å². The van der Waals surface area contributed by atoms with E-state index in [4.69, 9.17) is 16.3 Å². The molecule has 1 aliphatic rings. The van der Waals surface area contributed by atoms with Gasteiger partial charge in [-0.2, -0.15) is 0 Å². The van der Waals surface area contributed by atoms with Crippen molar-refractivity contribution in [3.05, 3.63) is 27.5 Å². The SMILES string of the molecule is Clc1c(Br)cnc2[nH]c(CN3CCOCC3)cc12. The summed E-state index contributed by atoms with van der Waals surface area (Å²) < 4.78 is 6.17. The first-order valence-electron chi connectivity index (χ1n) is 5.86. The van der Waals surface area contributed by atoms with Crippen LogP contribution in [0.3, 0.4) is 0 Å². The van der Waals surface area contributed by atoms with Gasteiger partial charge in [-0.3, -0.25) is 4.90 Å². The Morgan fingerprint density at radius 2 is 2.22 bits per heavy atom. The molecule has 2 aromatic rings. The van der Waals surface area contributed by atoms with E-state index in [-0.39, 0.29) is 0 Å². The van der Waals surface area contributed by atoms with Gasteiger partial charge in [0.2, 0.25) is 0 Å². The number of pyridine rings is 1. The first kappa shape index (κ1) is 12.4. The highest BCUT2D eigenvalue weighted by atomic mass is 79.9.